The molecule has 3 unspecified atom stereocenters. The minimum absolute atomic E-state index is 0.0527. The molecule has 32 heavy (non-hydrogen) atoms. The van der Waals surface area contributed by atoms with Gasteiger partial charge in [-0.15, -0.1) is 0 Å². The average molecular weight is 478 g/mol. The number of ether oxygens (including phenoxy) is 5. The van der Waals surface area contributed by atoms with E-state index in [2.05, 4.69) is 16.0 Å². The van der Waals surface area contributed by atoms with Crippen LogP contribution in [0.1, 0.15) is 25.7 Å². The van der Waals surface area contributed by atoms with Crippen LogP contribution >= 0.6 is 11.8 Å². The van der Waals surface area contributed by atoms with Crippen molar-refractivity contribution >= 4 is 23.7 Å². The van der Waals surface area contributed by atoms with Crippen LogP contribution in [0.5, 0.6) is 0 Å². The Labute approximate surface area is 195 Å². The highest BCUT2D eigenvalue weighted by Gasteiger charge is 2.42. The quantitative estimate of drug-likeness (QED) is 0.172. The second-order valence-electron chi connectivity index (χ2n) is 7.66. The number of urea groups is 1. The van der Waals surface area contributed by atoms with Gasteiger partial charge in [-0.05, 0) is 12.8 Å². The molecule has 0 spiro atoms. The van der Waals surface area contributed by atoms with E-state index in [1.165, 1.54) is 0 Å². The van der Waals surface area contributed by atoms with Gasteiger partial charge in [-0.2, -0.15) is 11.8 Å². The molecule has 2 fully saturated rings. The summed E-state index contributed by atoms with van der Waals surface area (Å²) >= 11 is 1.91. The van der Waals surface area contributed by atoms with E-state index in [9.17, 15) is 9.59 Å². The number of amides is 3. The average Bonchev–Trinajstić information content (AvgIpc) is 3.33. The zero-order chi connectivity index (χ0) is 22.9. The van der Waals surface area contributed by atoms with Gasteiger partial charge >= 0.3 is 6.03 Å². The Morgan fingerprint density at radius 3 is 2.22 bits per heavy atom. The number of unbranched alkanes of at least 4 members (excludes halogenated alkanes) is 1. The van der Waals surface area contributed by atoms with Crippen molar-refractivity contribution in [2.75, 3.05) is 78.9 Å². The molecule has 3 atom stereocenters. The maximum Gasteiger partial charge on any atom is 0.315 e. The van der Waals surface area contributed by atoms with E-state index in [1.807, 2.05) is 11.8 Å². The molecule has 0 aromatic carbocycles. The normalized spacial score (nSPS) is 21.9. The van der Waals surface area contributed by atoms with Crippen LogP contribution in [0.25, 0.3) is 0 Å². The van der Waals surface area contributed by atoms with Gasteiger partial charge in [0.2, 0.25) is 5.91 Å². The molecule has 0 aromatic rings. The van der Waals surface area contributed by atoms with Crippen LogP contribution in [0, 0.1) is 0 Å². The topological polar surface area (TPSA) is 116 Å². The van der Waals surface area contributed by atoms with Crippen molar-refractivity contribution in [3.63, 3.8) is 0 Å². The number of carbonyl (C=O) groups excluding carboxylic acids is 2. The number of thioether (sulfide) groups is 1. The number of rotatable bonds is 20. The number of methoxy groups -OCH3 is 1. The third-order valence-corrected chi connectivity index (χ3v) is 6.71. The van der Waals surface area contributed by atoms with E-state index in [-0.39, 0.29) is 24.0 Å². The van der Waals surface area contributed by atoms with Gasteiger partial charge in [0, 0.05) is 31.1 Å². The molecule has 0 aromatic heterocycles. The molecule has 3 amide bonds. The van der Waals surface area contributed by atoms with E-state index in [1.54, 1.807) is 7.11 Å². The van der Waals surface area contributed by atoms with Crippen molar-refractivity contribution in [2.24, 2.45) is 0 Å². The molecule has 0 bridgehead atoms. The lowest BCUT2D eigenvalue weighted by atomic mass is 10.0. The first kappa shape index (κ1) is 27.1. The van der Waals surface area contributed by atoms with E-state index in [0.29, 0.717) is 77.7 Å². The van der Waals surface area contributed by atoms with Crippen molar-refractivity contribution in [1.29, 1.82) is 0 Å². The Kier molecular flexibility index (Phi) is 14.7. The molecular weight excluding hydrogens is 438 g/mol. The zero-order valence-corrected chi connectivity index (χ0v) is 19.9. The number of hydrogen-bond acceptors (Lipinski definition) is 8. The van der Waals surface area contributed by atoms with Gasteiger partial charge in [0.25, 0.3) is 0 Å². The smallest absolute Gasteiger partial charge is 0.315 e. The molecule has 2 saturated heterocycles. The summed E-state index contributed by atoms with van der Waals surface area (Å²) in [7, 11) is 1.64. The van der Waals surface area contributed by atoms with Gasteiger partial charge < -0.3 is 39.6 Å². The summed E-state index contributed by atoms with van der Waals surface area (Å²) in [6, 6.07) is 0.444. The highest BCUT2D eigenvalue weighted by atomic mass is 32.2. The number of hydrogen-bond donors (Lipinski definition) is 3. The standard InChI is InChI=1S/C21H39N3O7S/c1-27-8-9-29-12-13-31-15-14-30-11-10-28-7-6-22-19(25)5-3-2-4-18-20-17(16-32-18)23-21(26)24-20/h17-18,20H,2-16H2,1H3,(H,22,25)(H2,23,24,26). The molecule has 11 heteroatoms. The Balaban J connectivity index is 1.28. The molecular formula is C21H39N3O7S. The van der Waals surface area contributed by atoms with Gasteiger partial charge in [0.1, 0.15) is 0 Å². The molecule has 0 radical (unpaired) electrons. The number of carbonyl (C=O) groups is 2. The van der Waals surface area contributed by atoms with Crippen molar-refractivity contribution in [3.8, 4) is 0 Å². The van der Waals surface area contributed by atoms with Crippen molar-refractivity contribution < 1.29 is 33.3 Å². The second-order valence-corrected chi connectivity index (χ2v) is 8.93. The SMILES string of the molecule is COCCOCCOCCOCCOCCNC(=O)CCCCC1SCC2NC(=O)NC21. The highest BCUT2D eigenvalue weighted by molar-refractivity contribution is 8.00. The van der Waals surface area contributed by atoms with Gasteiger partial charge in [0.05, 0.1) is 71.5 Å². The van der Waals surface area contributed by atoms with Crippen molar-refractivity contribution in [3.05, 3.63) is 0 Å². The summed E-state index contributed by atoms with van der Waals surface area (Å²) in [4.78, 5) is 23.3. The predicted molar refractivity (Wildman–Crippen MR) is 122 cm³/mol. The van der Waals surface area contributed by atoms with Crippen molar-refractivity contribution in [2.45, 2.75) is 43.0 Å². The maximum atomic E-state index is 11.9. The lowest BCUT2D eigenvalue weighted by Gasteiger charge is -2.16. The van der Waals surface area contributed by atoms with E-state index >= 15 is 0 Å². The maximum absolute atomic E-state index is 11.9. The van der Waals surface area contributed by atoms with Gasteiger partial charge in [-0.25, -0.2) is 4.79 Å². The zero-order valence-electron chi connectivity index (χ0n) is 19.1. The molecule has 2 heterocycles. The van der Waals surface area contributed by atoms with E-state index < -0.39 is 0 Å². The van der Waals surface area contributed by atoms with Crippen LogP contribution in [-0.4, -0.2) is 108 Å². The third kappa shape index (κ3) is 11.7. The fourth-order valence-electron chi connectivity index (χ4n) is 3.53. The molecule has 2 aliphatic heterocycles. The van der Waals surface area contributed by atoms with Gasteiger partial charge in [-0.1, -0.05) is 6.42 Å². The van der Waals surface area contributed by atoms with Crippen LogP contribution in [0.15, 0.2) is 0 Å². The summed E-state index contributed by atoms with van der Waals surface area (Å²) in [5.41, 5.74) is 0. The highest BCUT2D eigenvalue weighted by Crippen LogP contribution is 2.33. The van der Waals surface area contributed by atoms with Crippen LogP contribution in [0.3, 0.4) is 0 Å². The molecule has 2 aliphatic rings. The minimum Gasteiger partial charge on any atom is -0.382 e. The summed E-state index contributed by atoms with van der Waals surface area (Å²) in [6.07, 6.45) is 3.40. The number of fused-ring (bicyclic) bond motifs is 1. The first-order valence-corrected chi connectivity index (χ1v) is 12.5. The predicted octanol–water partition coefficient (Wildman–Crippen LogP) is 0.541. The van der Waals surface area contributed by atoms with Gasteiger partial charge in [-0.3, -0.25) is 4.79 Å². The lowest BCUT2D eigenvalue weighted by molar-refractivity contribution is -0.121. The minimum atomic E-state index is -0.0527. The molecule has 3 N–H and O–H groups in total. The summed E-state index contributed by atoms with van der Waals surface area (Å²) < 4.78 is 26.4. The second kappa shape index (κ2) is 17.4. The summed E-state index contributed by atoms with van der Waals surface area (Å²) in [5.74, 6) is 1.03. The lowest BCUT2D eigenvalue weighted by Crippen LogP contribution is -2.36. The Hall–Kier alpha value is -1.11. The van der Waals surface area contributed by atoms with Crippen LogP contribution < -0.4 is 16.0 Å². The first-order valence-electron chi connectivity index (χ1n) is 11.5. The molecule has 186 valence electrons. The Morgan fingerprint density at radius 1 is 0.938 bits per heavy atom. The monoisotopic (exact) mass is 477 g/mol. The van der Waals surface area contributed by atoms with Crippen LogP contribution in [0.4, 0.5) is 4.79 Å². The summed E-state index contributed by atoms with van der Waals surface area (Å²) in [6.45, 7) is 5.27. The molecule has 10 nitrogen and oxygen atoms in total. The van der Waals surface area contributed by atoms with E-state index in [0.717, 1.165) is 25.0 Å². The Morgan fingerprint density at radius 2 is 1.56 bits per heavy atom. The largest absolute Gasteiger partial charge is 0.382 e. The van der Waals surface area contributed by atoms with Crippen LogP contribution in [0.2, 0.25) is 0 Å². The van der Waals surface area contributed by atoms with E-state index in [4.69, 9.17) is 23.7 Å². The molecule has 0 aliphatic carbocycles. The summed E-state index contributed by atoms with van der Waals surface area (Å²) in [5, 5.41) is 9.28. The van der Waals surface area contributed by atoms with Crippen molar-refractivity contribution in [1.82, 2.24) is 16.0 Å². The molecule has 2 rings (SSSR count). The third-order valence-electron chi connectivity index (χ3n) is 5.20. The van der Waals surface area contributed by atoms with Crippen LogP contribution in [-0.2, 0) is 28.5 Å². The van der Waals surface area contributed by atoms with Gasteiger partial charge in [0.15, 0.2) is 0 Å². The molecule has 0 saturated carbocycles. The fourth-order valence-corrected chi connectivity index (χ4v) is 5.07. The first-order chi connectivity index (χ1) is 15.7. The Bertz CT molecular complexity index is 530. The fraction of sp³-hybridized carbons (Fsp3) is 0.905. The number of nitrogens with one attached hydrogen (secondary N) is 3.